The summed E-state index contributed by atoms with van der Waals surface area (Å²) in [7, 11) is 3.19. The molecule has 29 heavy (non-hydrogen) atoms. The zero-order chi connectivity index (χ0) is 20.2. The van der Waals surface area contributed by atoms with Crippen LogP contribution in [0.4, 0.5) is 17.1 Å². The summed E-state index contributed by atoms with van der Waals surface area (Å²) in [5.41, 5.74) is 3.67. The molecule has 2 N–H and O–H groups in total. The number of morpholine rings is 1. The SMILES string of the molecule is COc1ccc(NC(=S)Nc2ccc(N3CCOCC3)c3nonc23)c(OC)c1. The maximum atomic E-state index is 5.47. The van der Waals surface area contributed by atoms with Crippen LogP contribution < -0.4 is 25.0 Å². The van der Waals surface area contributed by atoms with Crippen molar-refractivity contribution in [3.05, 3.63) is 30.3 Å². The fourth-order valence-electron chi connectivity index (χ4n) is 3.19. The molecular formula is C19H21N5O4S. The van der Waals surface area contributed by atoms with E-state index in [0.717, 1.165) is 18.8 Å². The van der Waals surface area contributed by atoms with E-state index < -0.39 is 0 Å². The fourth-order valence-corrected chi connectivity index (χ4v) is 3.41. The van der Waals surface area contributed by atoms with Crippen molar-refractivity contribution in [3.8, 4) is 11.5 Å². The second-order valence-electron chi connectivity index (χ2n) is 6.34. The van der Waals surface area contributed by atoms with E-state index in [4.69, 9.17) is 31.1 Å². The first kappa shape index (κ1) is 19.2. The molecule has 1 aliphatic rings. The van der Waals surface area contributed by atoms with Gasteiger partial charge in [0.05, 0.1) is 44.5 Å². The molecule has 1 saturated heterocycles. The van der Waals surface area contributed by atoms with Crippen molar-refractivity contribution in [2.75, 3.05) is 56.1 Å². The first-order chi connectivity index (χ1) is 14.2. The van der Waals surface area contributed by atoms with Crippen molar-refractivity contribution in [3.63, 3.8) is 0 Å². The number of fused-ring (bicyclic) bond motifs is 1. The third-order valence-electron chi connectivity index (χ3n) is 4.65. The van der Waals surface area contributed by atoms with E-state index >= 15 is 0 Å². The lowest BCUT2D eigenvalue weighted by Gasteiger charge is -2.28. The largest absolute Gasteiger partial charge is 0.497 e. The first-order valence-electron chi connectivity index (χ1n) is 9.07. The number of anilines is 3. The molecule has 0 atom stereocenters. The molecule has 0 aliphatic carbocycles. The van der Waals surface area contributed by atoms with Crippen LogP contribution in [0.25, 0.3) is 11.0 Å². The van der Waals surface area contributed by atoms with E-state index in [1.54, 1.807) is 20.3 Å². The van der Waals surface area contributed by atoms with E-state index in [1.807, 2.05) is 24.3 Å². The Hall–Kier alpha value is -3.11. The molecule has 0 spiro atoms. The zero-order valence-corrected chi connectivity index (χ0v) is 16.9. The molecule has 0 unspecified atom stereocenters. The first-order valence-corrected chi connectivity index (χ1v) is 9.48. The van der Waals surface area contributed by atoms with Crippen LogP contribution in [-0.2, 0) is 4.74 Å². The van der Waals surface area contributed by atoms with Crippen LogP contribution in [0.5, 0.6) is 11.5 Å². The van der Waals surface area contributed by atoms with E-state index in [9.17, 15) is 0 Å². The highest BCUT2D eigenvalue weighted by Crippen LogP contribution is 2.32. The molecule has 0 radical (unpaired) electrons. The second kappa shape index (κ2) is 8.50. The predicted molar refractivity (Wildman–Crippen MR) is 114 cm³/mol. The Morgan fingerprint density at radius 3 is 2.48 bits per heavy atom. The third-order valence-corrected chi connectivity index (χ3v) is 4.86. The molecule has 4 rings (SSSR count). The Morgan fingerprint density at radius 2 is 1.72 bits per heavy atom. The number of nitrogens with zero attached hydrogens (tertiary/aromatic N) is 3. The van der Waals surface area contributed by atoms with E-state index in [2.05, 4.69) is 25.8 Å². The maximum absolute atomic E-state index is 5.47. The molecule has 3 aromatic rings. The van der Waals surface area contributed by atoms with Gasteiger partial charge in [-0.15, -0.1) is 0 Å². The molecule has 1 aliphatic heterocycles. The molecule has 0 amide bonds. The molecule has 0 saturated carbocycles. The summed E-state index contributed by atoms with van der Waals surface area (Å²) in [6.07, 6.45) is 0. The lowest BCUT2D eigenvalue weighted by Crippen LogP contribution is -2.36. The van der Waals surface area contributed by atoms with Gasteiger partial charge in [0.25, 0.3) is 0 Å². The summed E-state index contributed by atoms with van der Waals surface area (Å²) in [5, 5.41) is 14.8. The number of thiocarbonyl (C=S) groups is 1. The van der Waals surface area contributed by atoms with Gasteiger partial charge < -0.3 is 29.7 Å². The topological polar surface area (TPSA) is 93.9 Å². The van der Waals surface area contributed by atoms with Crippen LogP contribution in [-0.4, -0.2) is 55.9 Å². The van der Waals surface area contributed by atoms with Crippen molar-refractivity contribution in [2.45, 2.75) is 0 Å². The van der Waals surface area contributed by atoms with Gasteiger partial charge in [-0.05, 0) is 46.8 Å². The number of methoxy groups -OCH3 is 2. The summed E-state index contributed by atoms with van der Waals surface area (Å²) < 4.78 is 21.0. The monoisotopic (exact) mass is 415 g/mol. The van der Waals surface area contributed by atoms with Gasteiger partial charge in [-0.25, -0.2) is 4.63 Å². The van der Waals surface area contributed by atoms with Gasteiger partial charge in [-0.2, -0.15) is 0 Å². The lowest BCUT2D eigenvalue weighted by molar-refractivity contribution is 0.123. The maximum Gasteiger partial charge on any atom is 0.175 e. The molecular weight excluding hydrogens is 394 g/mol. The average Bonchev–Trinajstić information content (AvgIpc) is 3.25. The fraction of sp³-hybridized carbons (Fsp3) is 0.316. The second-order valence-corrected chi connectivity index (χ2v) is 6.75. The summed E-state index contributed by atoms with van der Waals surface area (Å²) in [5.74, 6) is 1.31. The summed E-state index contributed by atoms with van der Waals surface area (Å²) in [4.78, 5) is 2.21. The Balaban J connectivity index is 1.54. The minimum atomic E-state index is 0.386. The van der Waals surface area contributed by atoms with Crippen molar-refractivity contribution in [1.29, 1.82) is 0 Å². The number of benzene rings is 2. The highest BCUT2D eigenvalue weighted by atomic mass is 32.1. The van der Waals surface area contributed by atoms with Gasteiger partial charge in [0.15, 0.2) is 16.1 Å². The van der Waals surface area contributed by atoms with Gasteiger partial charge in [0.1, 0.15) is 11.5 Å². The quantitative estimate of drug-likeness (QED) is 0.606. The smallest absolute Gasteiger partial charge is 0.175 e. The summed E-state index contributed by atoms with van der Waals surface area (Å²) in [6.45, 7) is 2.97. The minimum Gasteiger partial charge on any atom is -0.497 e. The Kier molecular flexibility index (Phi) is 5.63. The average molecular weight is 415 g/mol. The zero-order valence-electron chi connectivity index (χ0n) is 16.1. The van der Waals surface area contributed by atoms with Crippen LogP contribution in [0.2, 0.25) is 0 Å². The standard InChI is InChI=1S/C19H21N5O4S/c1-25-12-3-4-13(16(11-12)26-2)20-19(29)21-14-5-6-15(18-17(14)22-28-23-18)24-7-9-27-10-8-24/h3-6,11H,7-10H2,1-2H3,(H2,20,21,29). The third kappa shape index (κ3) is 4.03. The number of ether oxygens (including phenoxy) is 3. The lowest BCUT2D eigenvalue weighted by atomic mass is 10.2. The van der Waals surface area contributed by atoms with Crippen LogP contribution in [0.3, 0.4) is 0 Å². The molecule has 9 nitrogen and oxygen atoms in total. The number of aromatic nitrogens is 2. The molecule has 152 valence electrons. The Morgan fingerprint density at radius 1 is 1.00 bits per heavy atom. The van der Waals surface area contributed by atoms with Gasteiger partial charge in [-0.3, -0.25) is 0 Å². The van der Waals surface area contributed by atoms with E-state index in [1.165, 1.54) is 0 Å². The van der Waals surface area contributed by atoms with E-state index in [0.29, 0.717) is 52.2 Å². The molecule has 2 aromatic carbocycles. The molecule has 10 heteroatoms. The molecule has 2 heterocycles. The molecule has 1 aromatic heterocycles. The normalized spacial score (nSPS) is 13.9. The number of rotatable bonds is 5. The summed E-state index contributed by atoms with van der Waals surface area (Å²) >= 11 is 5.47. The van der Waals surface area contributed by atoms with E-state index in [-0.39, 0.29) is 0 Å². The number of hydrogen-bond donors (Lipinski definition) is 2. The van der Waals surface area contributed by atoms with Gasteiger partial charge in [0, 0.05) is 19.2 Å². The summed E-state index contributed by atoms with van der Waals surface area (Å²) in [6, 6.07) is 9.33. The van der Waals surface area contributed by atoms with Crippen LogP contribution in [0.15, 0.2) is 35.0 Å². The Labute approximate surface area is 172 Å². The molecule has 0 bridgehead atoms. The van der Waals surface area contributed by atoms with Gasteiger partial charge in [0.2, 0.25) is 0 Å². The van der Waals surface area contributed by atoms with Crippen LogP contribution in [0, 0.1) is 0 Å². The van der Waals surface area contributed by atoms with Gasteiger partial charge in [-0.1, -0.05) is 0 Å². The van der Waals surface area contributed by atoms with Crippen molar-refractivity contribution < 1.29 is 18.8 Å². The predicted octanol–water partition coefficient (Wildman–Crippen LogP) is 2.89. The Bertz CT molecular complexity index is 1020. The van der Waals surface area contributed by atoms with Crippen LogP contribution >= 0.6 is 12.2 Å². The highest BCUT2D eigenvalue weighted by Gasteiger charge is 2.19. The van der Waals surface area contributed by atoms with Crippen molar-refractivity contribution >= 4 is 45.4 Å². The minimum absolute atomic E-state index is 0.386. The number of hydrogen-bond acceptors (Lipinski definition) is 8. The van der Waals surface area contributed by atoms with Gasteiger partial charge >= 0.3 is 0 Å². The van der Waals surface area contributed by atoms with Crippen molar-refractivity contribution in [1.82, 2.24) is 10.3 Å². The highest BCUT2D eigenvalue weighted by molar-refractivity contribution is 7.80. The van der Waals surface area contributed by atoms with Crippen LogP contribution in [0.1, 0.15) is 0 Å². The molecule has 1 fully saturated rings. The van der Waals surface area contributed by atoms with Crippen molar-refractivity contribution in [2.24, 2.45) is 0 Å². The number of nitrogens with one attached hydrogen (secondary N) is 2.